The molecule has 2 unspecified atom stereocenters. The Morgan fingerprint density at radius 2 is 2.47 bits per heavy atom. The lowest BCUT2D eigenvalue weighted by Crippen LogP contribution is -2.43. The first-order valence-electron chi connectivity index (χ1n) is 5.60. The van der Waals surface area contributed by atoms with Crippen LogP contribution in [0.2, 0.25) is 0 Å². The van der Waals surface area contributed by atoms with Crippen molar-refractivity contribution in [3.05, 3.63) is 0 Å². The van der Waals surface area contributed by atoms with Gasteiger partial charge in [0.1, 0.15) is 0 Å². The summed E-state index contributed by atoms with van der Waals surface area (Å²) in [6.07, 6.45) is 4.82. The van der Waals surface area contributed by atoms with Gasteiger partial charge in [-0.25, -0.2) is 0 Å². The molecule has 1 rings (SSSR count). The Morgan fingerprint density at radius 1 is 1.67 bits per heavy atom. The summed E-state index contributed by atoms with van der Waals surface area (Å²) in [5.41, 5.74) is 5.57. The van der Waals surface area contributed by atoms with Crippen LogP contribution in [0.25, 0.3) is 0 Å². The molecule has 1 aliphatic heterocycles. The van der Waals surface area contributed by atoms with Crippen LogP contribution in [0.4, 0.5) is 0 Å². The maximum absolute atomic E-state index is 8.59. The highest BCUT2D eigenvalue weighted by Crippen LogP contribution is 2.24. The zero-order valence-electron chi connectivity index (χ0n) is 9.28. The molecule has 0 aromatic rings. The smallest absolute Gasteiger partial charge is 0.156 e. The lowest BCUT2D eigenvalue weighted by Gasteiger charge is -2.24. The lowest BCUT2D eigenvalue weighted by atomic mass is 10.1. The summed E-state index contributed by atoms with van der Waals surface area (Å²) in [5, 5.41) is 15.7. The van der Waals surface area contributed by atoms with Crippen LogP contribution in [0.3, 0.4) is 0 Å². The standard InChI is InChI=1S/C10H21N3OS/c1-2-9(10(11)13-14)12-7-8-5-3-4-6-15-8/h8-9,12,14H,2-7H2,1H3,(H2,11,13). The minimum atomic E-state index is 0.0116. The average molecular weight is 231 g/mol. The molecule has 2 atom stereocenters. The van der Waals surface area contributed by atoms with Gasteiger partial charge < -0.3 is 16.3 Å². The molecule has 1 saturated heterocycles. The summed E-state index contributed by atoms with van der Waals surface area (Å²) in [6.45, 7) is 2.99. The highest BCUT2D eigenvalue weighted by Gasteiger charge is 2.17. The van der Waals surface area contributed by atoms with E-state index in [0.717, 1.165) is 13.0 Å². The van der Waals surface area contributed by atoms with Gasteiger partial charge >= 0.3 is 0 Å². The summed E-state index contributed by atoms with van der Waals surface area (Å²) in [6, 6.07) is 0.0116. The monoisotopic (exact) mass is 231 g/mol. The van der Waals surface area contributed by atoms with Crippen LogP contribution in [0.5, 0.6) is 0 Å². The Labute approximate surface area is 95.7 Å². The average Bonchev–Trinajstić information content (AvgIpc) is 2.31. The molecule has 0 bridgehead atoms. The molecular weight excluding hydrogens is 210 g/mol. The predicted molar refractivity (Wildman–Crippen MR) is 65.6 cm³/mol. The van der Waals surface area contributed by atoms with Gasteiger partial charge in [-0.15, -0.1) is 0 Å². The number of rotatable bonds is 5. The highest BCUT2D eigenvalue weighted by molar-refractivity contribution is 7.99. The van der Waals surface area contributed by atoms with Crippen molar-refractivity contribution in [3.8, 4) is 0 Å². The number of oxime groups is 1. The largest absolute Gasteiger partial charge is 0.409 e. The van der Waals surface area contributed by atoms with Gasteiger partial charge in [-0.2, -0.15) is 11.8 Å². The maximum Gasteiger partial charge on any atom is 0.156 e. The zero-order valence-corrected chi connectivity index (χ0v) is 10.1. The van der Waals surface area contributed by atoms with E-state index in [-0.39, 0.29) is 6.04 Å². The van der Waals surface area contributed by atoms with Crippen LogP contribution >= 0.6 is 11.8 Å². The van der Waals surface area contributed by atoms with Crippen molar-refractivity contribution >= 4 is 17.6 Å². The highest BCUT2D eigenvalue weighted by atomic mass is 32.2. The van der Waals surface area contributed by atoms with Gasteiger partial charge in [0.25, 0.3) is 0 Å². The van der Waals surface area contributed by atoms with Gasteiger partial charge in [0, 0.05) is 11.8 Å². The predicted octanol–water partition coefficient (Wildman–Crippen LogP) is 1.39. The van der Waals surface area contributed by atoms with Crippen molar-refractivity contribution in [2.45, 2.75) is 43.9 Å². The fraction of sp³-hybridized carbons (Fsp3) is 0.900. The van der Waals surface area contributed by atoms with Crippen molar-refractivity contribution in [1.82, 2.24) is 5.32 Å². The minimum absolute atomic E-state index is 0.0116. The minimum Gasteiger partial charge on any atom is -0.409 e. The van der Waals surface area contributed by atoms with Gasteiger partial charge in [0.15, 0.2) is 5.84 Å². The summed E-state index contributed by atoms with van der Waals surface area (Å²) < 4.78 is 0. The van der Waals surface area contributed by atoms with Crippen LogP contribution in [-0.4, -0.2) is 34.6 Å². The number of hydrogen-bond acceptors (Lipinski definition) is 4. The molecule has 0 spiro atoms. The molecule has 15 heavy (non-hydrogen) atoms. The Bertz CT molecular complexity index is 205. The summed E-state index contributed by atoms with van der Waals surface area (Å²) in [7, 11) is 0. The van der Waals surface area contributed by atoms with Gasteiger partial charge in [-0.1, -0.05) is 18.5 Å². The lowest BCUT2D eigenvalue weighted by molar-refractivity contribution is 0.314. The molecule has 0 aliphatic carbocycles. The summed E-state index contributed by atoms with van der Waals surface area (Å²) >= 11 is 2.03. The Hall–Kier alpha value is -0.420. The fourth-order valence-corrected chi connectivity index (χ4v) is 3.02. The first kappa shape index (κ1) is 12.6. The van der Waals surface area contributed by atoms with Gasteiger partial charge in [0.05, 0.1) is 6.04 Å². The van der Waals surface area contributed by atoms with E-state index in [1.54, 1.807) is 0 Å². The van der Waals surface area contributed by atoms with Crippen molar-refractivity contribution in [1.29, 1.82) is 0 Å². The van der Waals surface area contributed by atoms with E-state index in [1.165, 1.54) is 25.0 Å². The third-order valence-electron chi connectivity index (χ3n) is 2.75. The number of nitrogens with one attached hydrogen (secondary N) is 1. The number of nitrogens with two attached hydrogens (primary N) is 1. The van der Waals surface area contributed by atoms with Crippen LogP contribution in [0.15, 0.2) is 5.16 Å². The van der Waals surface area contributed by atoms with E-state index >= 15 is 0 Å². The second-order valence-electron chi connectivity index (χ2n) is 3.88. The van der Waals surface area contributed by atoms with Crippen molar-refractivity contribution in [2.24, 2.45) is 10.9 Å². The first-order valence-corrected chi connectivity index (χ1v) is 6.65. The third-order valence-corrected chi connectivity index (χ3v) is 4.14. The molecule has 88 valence electrons. The van der Waals surface area contributed by atoms with E-state index in [0.29, 0.717) is 11.1 Å². The molecular formula is C10H21N3OS. The molecule has 4 N–H and O–H groups in total. The quantitative estimate of drug-likeness (QED) is 0.289. The Kier molecular flexibility index (Phi) is 5.86. The SMILES string of the molecule is CCC(NCC1CCCCS1)C(N)=NO. The van der Waals surface area contributed by atoms with E-state index in [2.05, 4.69) is 10.5 Å². The fourth-order valence-electron chi connectivity index (χ4n) is 1.77. The summed E-state index contributed by atoms with van der Waals surface area (Å²) in [5.74, 6) is 1.56. The van der Waals surface area contributed by atoms with Gasteiger partial charge in [-0.05, 0) is 25.0 Å². The maximum atomic E-state index is 8.59. The van der Waals surface area contributed by atoms with Crippen molar-refractivity contribution < 1.29 is 5.21 Å². The van der Waals surface area contributed by atoms with E-state index in [9.17, 15) is 0 Å². The van der Waals surface area contributed by atoms with E-state index < -0.39 is 0 Å². The van der Waals surface area contributed by atoms with Crippen molar-refractivity contribution in [3.63, 3.8) is 0 Å². The Balaban J connectivity index is 2.26. The molecule has 0 saturated carbocycles. The van der Waals surface area contributed by atoms with Gasteiger partial charge in [-0.3, -0.25) is 0 Å². The molecule has 0 aromatic carbocycles. The topological polar surface area (TPSA) is 70.6 Å². The van der Waals surface area contributed by atoms with Crippen LogP contribution in [0, 0.1) is 0 Å². The number of thioether (sulfide) groups is 1. The number of amidine groups is 1. The second-order valence-corrected chi connectivity index (χ2v) is 5.29. The van der Waals surface area contributed by atoms with E-state index in [1.807, 2.05) is 18.7 Å². The van der Waals surface area contributed by atoms with Gasteiger partial charge in [0.2, 0.25) is 0 Å². The molecule has 0 aromatic heterocycles. The second kappa shape index (κ2) is 6.95. The molecule has 5 heteroatoms. The van der Waals surface area contributed by atoms with Crippen LogP contribution < -0.4 is 11.1 Å². The number of nitrogens with zero attached hydrogens (tertiary/aromatic N) is 1. The normalized spacial score (nSPS) is 25.1. The van der Waals surface area contributed by atoms with E-state index in [4.69, 9.17) is 10.9 Å². The molecule has 0 amide bonds. The molecule has 1 aliphatic rings. The molecule has 1 fully saturated rings. The van der Waals surface area contributed by atoms with Crippen LogP contribution in [0.1, 0.15) is 32.6 Å². The molecule has 4 nitrogen and oxygen atoms in total. The third kappa shape index (κ3) is 4.30. The first-order chi connectivity index (χ1) is 7.27. The molecule has 0 radical (unpaired) electrons. The summed E-state index contributed by atoms with van der Waals surface area (Å²) in [4.78, 5) is 0. The molecule has 1 heterocycles. The Morgan fingerprint density at radius 3 is 3.00 bits per heavy atom. The zero-order chi connectivity index (χ0) is 11.1. The number of hydrogen-bond donors (Lipinski definition) is 3. The van der Waals surface area contributed by atoms with Crippen LogP contribution in [-0.2, 0) is 0 Å². The van der Waals surface area contributed by atoms with Crippen molar-refractivity contribution in [2.75, 3.05) is 12.3 Å².